The van der Waals surface area contributed by atoms with E-state index in [1.165, 1.54) is 6.33 Å². The third kappa shape index (κ3) is 3.86. The fourth-order valence-corrected chi connectivity index (χ4v) is 2.92. The molecule has 0 atom stereocenters. The van der Waals surface area contributed by atoms with Gasteiger partial charge in [-0.3, -0.25) is 4.79 Å². The van der Waals surface area contributed by atoms with Crippen LogP contribution in [-0.4, -0.2) is 57.1 Å². The Morgan fingerprint density at radius 3 is 2.63 bits per heavy atom. The SMILES string of the molecule is Cc1cc(C(=O)N2CCN(c3cc(Nc4ccccn4)ncn3)CC2)no1. The lowest BCUT2D eigenvalue weighted by atomic mass is 10.2. The standard InChI is InChI=1S/C18H19N7O2/c1-13-10-14(23-27-13)18(26)25-8-6-24(7-9-25)17-11-16(20-12-21-17)22-15-4-2-3-5-19-15/h2-5,10-12H,6-9H2,1H3,(H,19,20,21,22). The van der Waals surface area contributed by atoms with Crippen molar-refractivity contribution in [1.82, 2.24) is 25.0 Å². The van der Waals surface area contributed by atoms with E-state index in [4.69, 9.17) is 4.52 Å². The summed E-state index contributed by atoms with van der Waals surface area (Å²) in [5, 5.41) is 6.97. The number of nitrogens with one attached hydrogen (secondary N) is 1. The number of piperazine rings is 1. The lowest BCUT2D eigenvalue weighted by Crippen LogP contribution is -2.49. The minimum atomic E-state index is -0.105. The molecular weight excluding hydrogens is 346 g/mol. The summed E-state index contributed by atoms with van der Waals surface area (Å²) in [6.45, 7) is 4.33. The molecule has 9 nitrogen and oxygen atoms in total. The number of rotatable bonds is 4. The van der Waals surface area contributed by atoms with Gasteiger partial charge in [-0.25, -0.2) is 15.0 Å². The van der Waals surface area contributed by atoms with Gasteiger partial charge in [-0.1, -0.05) is 11.2 Å². The molecule has 0 bridgehead atoms. The maximum atomic E-state index is 12.5. The second-order valence-corrected chi connectivity index (χ2v) is 6.20. The van der Waals surface area contributed by atoms with Crippen molar-refractivity contribution in [2.45, 2.75) is 6.92 Å². The Morgan fingerprint density at radius 2 is 1.93 bits per heavy atom. The lowest BCUT2D eigenvalue weighted by molar-refractivity contribution is 0.0736. The van der Waals surface area contributed by atoms with E-state index < -0.39 is 0 Å². The molecule has 0 aliphatic carbocycles. The molecular formula is C18H19N7O2. The highest BCUT2D eigenvalue weighted by Crippen LogP contribution is 2.19. The summed E-state index contributed by atoms with van der Waals surface area (Å²) in [5.74, 6) is 2.74. The fourth-order valence-electron chi connectivity index (χ4n) is 2.92. The zero-order valence-electron chi connectivity index (χ0n) is 14.9. The molecule has 1 aliphatic rings. The molecule has 0 saturated carbocycles. The van der Waals surface area contributed by atoms with Crippen LogP contribution in [0.15, 0.2) is 47.4 Å². The Morgan fingerprint density at radius 1 is 1.07 bits per heavy atom. The summed E-state index contributed by atoms with van der Waals surface area (Å²) < 4.78 is 4.99. The van der Waals surface area contributed by atoms with Crippen molar-refractivity contribution in [3.63, 3.8) is 0 Å². The van der Waals surface area contributed by atoms with Crippen molar-refractivity contribution >= 4 is 23.4 Å². The molecule has 1 N–H and O–H groups in total. The Bertz CT molecular complexity index is 920. The van der Waals surface area contributed by atoms with Gasteiger partial charge in [0.25, 0.3) is 5.91 Å². The molecule has 3 aromatic heterocycles. The van der Waals surface area contributed by atoms with Crippen LogP contribution in [0.1, 0.15) is 16.2 Å². The summed E-state index contributed by atoms with van der Waals surface area (Å²) in [6, 6.07) is 9.18. The average Bonchev–Trinajstić information content (AvgIpc) is 3.15. The first-order valence-corrected chi connectivity index (χ1v) is 8.67. The number of carbonyl (C=O) groups is 1. The molecule has 1 amide bonds. The van der Waals surface area contributed by atoms with E-state index in [0.717, 1.165) is 11.6 Å². The summed E-state index contributed by atoms with van der Waals surface area (Å²) in [6.07, 6.45) is 3.24. The predicted octanol–water partition coefficient (Wildman–Crippen LogP) is 1.87. The third-order valence-corrected chi connectivity index (χ3v) is 4.31. The largest absolute Gasteiger partial charge is 0.361 e. The van der Waals surface area contributed by atoms with Crippen LogP contribution in [0.4, 0.5) is 17.5 Å². The number of amides is 1. The van der Waals surface area contributed by atoms with Gasteiger partial charge in [-0.05, 0) is 19.1 Å². The minimum absolute atomic E-state index is 0.105. The van der Waals surface area contributed by atoms with Crippen LogP contribution >= 0.6 is 0 Å². The van der Waals surface area contributed by atoms with Crippen molar-refractivity contribution < 1.29 is 9.32 Å². The summed E-state index contributed by atoms with van der Waals surface area (Å²) in [4.78, 5) is 29.2. The second kappa shape index (κ2) is 7.40. The van der Waals surface area contributed by atoms with E-state index in [9.17, 15) is 4.79 Å². The topological polar surface area (TPSA) is 100 Å². The molecule has 4 heterocycles. The molecule has 0 spiro atoms. The fraction of sp³-hybridized carbons (Fsp3) is 0.278. The van der Waals surface area contributed by atoms with Gasteiger partial charge in [-0.15, -0.1) is 0 Å². The van der Waals surface area contributed by atoms with E-state index in [1.54, 1.807) is 24.1 Å². The van der Waals surface area contributed by atoms with Crippen LogP contribution in [0.3, 0.4) is 0 Å². The van der Waals surface area contributed by atoms with Gasteiger partial charge in [0.1, 0.15) is 29.5 Å². The number of anilines is 3. The molecule has 27 heavy (non-hydrogen) atoms. The quantitative estimate of drug-likeness (QED) is 0.748. The van der Waals surface area contributed by atoms with E-state index in [1.807, 2.05) is 24.3 Å². The monoisotopic (exact) mass is 365 g/mol. The Hall–Kier alpha value is -3.49. The number of aryl methyl sites for hydroxylation is 1. The summed E-state index contributed by atoms with van der Waals surface area (Å²) in [7, 11) is 0. The van der Waals surface area contributed by atoms with E-state index in [0.29, 0.717) is 43.5 Å². The van der Waals surface area contributed by atoms with Gasteiger partial charge < -0.3 is 19.6 Å². The van der Waals surface area contributed by atoms with Gasteiger partial charge in [-0.2, -0.15) is 0 Å². The van der Waals surface area contributed by atoms with Crippen LogP contribution in [0, 0.1) is 6.92 Å². The highest BCUT2D eigenvalue weighted by Gasteiger charge is 2.25. The molecule has 3 aromatic rings. The Labute approximate surface area is 156 Å². The van der Waals surface area contributed by atoms with Gasteiger partial charge in [0, 0.05) is 44.5 Å². The lowest BCUT2D eigenvalue weighted by Gasteiger charge is -2.35. The first-order chi connectivity index (χ1) is 13.2. The second-order valence-electron chi connectivity index (χ2n) is 6.20. The van der Waals surface area contributed by atoms with Gasteiger partial charge in [0.15, 0.2) is 5.69 Å². The first kappa shape index (κ1) is 17.0. The Balaban J connectivity index is 1.39. The molecule has 4 rings (SSSR count). The molecule has 0 radical (unpaired) electrons. The highest BCUT2D eigenvalue weighted by molar-refractivity contribution is 5.92. The predicted molar refractivity (Wildman–Crippen MR) is 98.9 cm³/mol. The summed E-state index contributed by atoms with van der Waals surface area (Å²) >= 11 is 0. The maximum absolute atomic E-state index is 12.5. The molecule has 1 aliphatic heterocycles. The molecule has 1 saturated heterocycles. The van der Waals surface area contributed by atoms with Crippen LogP contribution in [0.25, 0.3) is 0 Å². The minimum Gasteiger partial charge on any atom is -0.361 e. The van der Waals surface area contributed by atoms with Gasteiger partial charge in [0.05, 0.1) is 0 Å². The van der Waals surface area contributed by atoms with Crippen LogP contribution in [-0.2, 0) is 0 Å². The van der Waals surface area contributed by atoms with Crippen molar-refractivity contribution in [3.05, 3.63) is 54.3 Å². The average molecular weight is 365 g/mol. The van der Waals surface area contributed by atoms with Crippen LogP contribution in [0.5, 0.6) is 0 Å². The van der Waals surface area contributed by atoms with Crippen LogP contribution < -0.4 is 10.2 Å². The molecule has 0 aromatic carbocycles. The number of hydrogen-bond donors (Lipinski definition) is 1. The summed E-state index contributed by atoms with van der Waals surface area (Å²) in [5.41, 5.74) is 0.352. The molecule has 9 heteroatoms. The smallest absolute Gasteiger partial charge is 0.276 e. The highest BCUT2D eigenvalue weighted by atomic mass is 16.5. The third-order valence-electron chi connectivity index (χ3n) is 4.31. The van der Waals surface area contributed by atoms with Crippen LogP contribution in [0.2, 0.25) is 0 Å². The number of pyridine rings is 1. The van der Waals surface area contributed by atoms with Crippen molar-refractivity contribution in [2.24, 2.45) is 0 Å². The molecule has 138 valence electrons. The zero-order chi connectivity index (χ0) is 18.6. The van der Waals surface area contributed by atoms with E-state index in [2.05, 4.69) is 30.3 Å². The van der Waals surface area contributed by atoms with Crippen molar-refractivity contribution in [3.8, 4) is 0 Å². The van der Waals surface area contributed by atoms with E-state index >= 15 is 0 Å². The van der Waals surface area contributed by atoms with Crippen molar-refractivity contribution in [1.29, 1.82) is 0 Å². The maximum Gasteiger partial charge on any atom is 0.276 e. The molecule has 1 fully saturated rings. The normalized spacial score (nSPS) is 14.3. The zero-order valence-corrected chi connectivity index (χ0v) is 14.9. The van der Waals surface area contributed by atoms with Crippen molar-refractivity contribution in [2.75, 3.05) is 36.4 Å². The number of hydrogen-bond acceptors (Lipinski definition) is 8. The van der Waals surface area contributed by atoms with E-state index in [-0.39, 0.29) is 5.91 Å². The van der Waals surface area contributed by atoms with Gasteiger partial charge in [0.2, 0.25) is 0 Å². The number of carbonyl (C=O) groups excluding carboxylic acids is 1. The molecule has 0 unspecified atom stereocenters. The van der Waals surface area contributed by atoms with Gasteiger partial charge >= 0.3 is 0 Å². The number of nitrogens with zero attached hydrogens (tertiary/aromatic N) is 6. The Kier molecular flexibility index (Phi) is 4.65. The first-order valence-electron chi connectivity index (χ1n) is 8.67. The number of aromatic nitrogens is 4.